The molecule has 3 aromatic carbocycles. The molecule has 0 spiro atoms. The van der Waals surface area contributed by atoms with Crippen molar-refractivity contribution in [2.24, 2.45) is 10.2 Å². The van der Waals surface area contributed by atoms with Gasteiger partial charge in [0.2, 0.25) is 0 Å². The Morgan fingerprint density at radius 3 is 2.48 bits per heavy atom. The van der Waals surface area contributed by atoms with Crippen LogP contribution < -0.4 is 0 Å². The van der Waals surface area contributed by atoms with Gasteiger partial charge in [0.25, 0.3) is 0 Å². The van der Waals surface area contributed by atoms with Gasteiger partial charge in [-0.3, -0.25) is 0 Å². The molecule has 1 heterocycles. The number of benzene rings is 3. The van der Waals surface area contributed by atoms with E-state index >= 15 is 0 Å². The van der Waals surface area contributed by atoms with Crippen molar-refractivity contribution in [1.29, 1.82) is 0 Å². The number of nitrogens with zero attached hydrogens (tertiary/aromatic N) is 4. The number of phenolic OH excluding ortho intramolecular Hbond substituents is 1. The molecule has 122 valence electrons. The maximum atomic E-state index is 10.1. The molecule has 0 radical (unpaired) electrons. The van der Waals surface area contributed by atoms with Crippen molar-refractivity contribution in [2.75, 3.05) is 0 Å². The predicted molar refractivity (Wildman–Crippen MR) is 98.1 cm³/mol. The largest absolute Gasteiger partial charge is 0.506 e. The zero-order valence-corrected chi connectivity index (χ0v) is 13.7. The first-order valence-electron chi connectivity index (χ1n) is 7.95. The highest BCUT2D eigenvalue weighted by molar-refractivity contribution is 5.95. The minimum atomic E-state index is 0.117. The first-order valence-corrected chi connectivity index (χ1v) is 7.95. The minimum absolute atomic E-state index is 0.117. The molecule has 1 N–H and O–H groups in total. The lowest BCUT2D eigenvalue weighted by atomic mass is 10.1. The van der Waals surface area contributed by atoms with Crippen molar-refractivity contribution < 1.29 is 5.11 Å². The predicted octanol–water partition coefficient (Wildman–Crippen LogP) is 5.45. The van der Waals surface area contributed by atoms with E-state index in [-0.39, 0.29) is 5.75 Å². The van der Waals surface area contributed by atoms with Gasteiger partial charge >= 0.3 is 0 Å². The van der Waals surface area contributed by atoms with Gasteiger partial charge in [0.1, 0.15) is 11.4 Å². The van der Waals surface area contributed by atoms with Gasteiger partial charge in [-0.05, 0) is 48.2 Å². The number of hydrogen-bond acceptors (Lipinski definition) is 4. The number of fused-ring (bicyclic) bond motifs is 1. The number of aromatic hydroxyl groups is 1. The Balaban J connectivity index is 1.65. The van der Waals surface area contributed by atoms with Gasteiger partial charge in [0.05, 0.1) is 17.6 Å². The topological polar surface area (TPSA) is 62.8 Å². The van der Waals surface area contributed by atoms with Crippen LogP contribution >= 0.6 is 0 Å². The number of hydrogen-bond donors (Lipinski definition) is 1. The van der Waals surface area contributed by atoms with Gasteiger partial charge in [-0.1, -0.05) is 30.3 Å². The molecule has 0 saturated carbocycles. The highest BCUT2D eigenvalue weighted by Gasteiger charge is 2.06. The number of rotatable bonds is 3. The summed E-state index contributed by atoms with van der Waals surface area (Å²) in [6, 6.07) is 18.9. The van der Waals surface area contributed by atoms with Crippen LogP contribution in [0.25, 0.3) is 16.5 Å². The van der Waals surface area contributed by atoms with Crippen LogP contribution in [0.5, 0.6) is 5.75 Å². The van der Waals surface area contributed by atoms with Crippen LogP contribution in [-0.4, -0.2) is 14.9 Å². The molecule has 4 rings (SSSR count). The molecule has 4 aromatic rings. The summed E-state index contributed by atoms with van der Waals surface area (Å²) in [7, 11) is 0. The summed E-state index contributed by atoms with van der Waals surface area (Å²) in [6.45, 7) is 2.00. The Morgan fingerprint density at radius 1 is 0.920 bits per heavy atom. The summed E-state index contributed by atoms with van der Waals surface area (Å²) in [5.41, 5.74) is 3.25. The van der Waals surface area contributed by atoms with E-state index in [0.29, 0.717) is 11.4 Å². The Kier molecular flexibility index (Phi) is 3.74. The lowest BCUT2D eigenvalue weighted by Gasteiger charge is -2.04. The van der Waals surface area contributed by atoms with Crippen molar-refractivity contribution >= 4 is 22.1 Å². The van der Waals surface area contributed by atoms with E-state index < -0.39 is 0 Å². The molecule has 0 unspecified atom stereocenters. The second kappa shape index (κ2) is 6.20. The average Bonchev–Trinajstić information content (AvgIpc) is 3.08. The van der Waals surface area contributed by atoms with E-state index in [2.05, 4.69) is 15.3 Å². The summed E-state index contributed by atoms with van der Waals surface area (Å²) >= 11 is 0. The normalized spacial score (nSPS) is 11.4. The van der Waals surface area contributed by atoms with Crippen molar-refractivity contribution in [3.63, 3.8) is 0 Å². The Morgan fingerprint density at radius 2 is 1.72 bits per heavy atom. The van der Waals surface area contributed by atoms with Crippen molar-refractivity contribution in [2.45, 2.75) is 6.92 Å². The first-order chi connectivity index (χ1) is 12.2. The average molecular weight is 328 g/mol. The zero-order chi connectivity index (χ0) is 17.2. The van der Waals surface area contributed by atoms with Gasteiger partial charge in [0, 0.05) is 11.6 Å². The van der Waals surface area contributed by atoms with E-state index in [9.17, 15) is 5.11 Å². The number of phenols is 1. The van der Waals surface area contributed by atoms with E-state index in [1.807, 2.05) is 78.6 Å². The van der Waals surface area contributed by atoms with Crippen LogP contribution in [0, 0.1) is 6.92 Å². The summed E-state index contributed by atoms with van der Waals surface area (Å²) in [4.78, 5) is 0. The maximum Gasteiger partial charge on any atom is 0.143 e. The molecule has 0 aliphatic carbocycles. The van der Waals surface area contributed by atoms with Crippen molar-refractivity contribution in [1.82, 2.24) is 9.78 Å². The molecule has 0 fully saturated rings. The standard InChI is InChI=1S/C20H16N4O/c1-14-12-21-24(13-14)17-9-7-16(8-10-17)22-23-20-18-5-3-2-4-15(18)6-11-19(20)25/h2-13,25H,1H3. The van der Waals surface area contributed by atoms with Crippen LogP contribution in [0.1, 0.15) is 5.56 Å². The lowest BCUT2D eigenvalue weighted by Crippen LogP contribution is -1.92. The molecule has 0 aliphatic heterocycles. The lowest BCUT2D eigenvalue weighted by molar-refractivity contribution is 0.477. The Labute approximate surface area is 144 Å². The smallest absolute Gasteiger partial charge is 0.143 e. The van der Waals surface area contributed by atoms with Crippen LogP contribution in [0.4, 0.5) is 11.4 Å². The fraction of sp³-hybridized carbons (Fsp3) is 0.0500. The molecule has 5 heteroatoms. The van der Waals surface area contributed by atoms with E-state index in [4.69, 9.17) is 0 Å². The number of azo groups is 1. The highest BCUT2D eigenvalue weighted by Crippen LogP contribution is 2.35. The van der Waals surface area contributed by atoms with Crippen molar-refractivity contribution in [3.8, 4) is 11.4 Å². The first kappa shape index (κ1) is 15.1. The fourth-order valence-corrected chi connectivity index (χ4v) is 2.68. The molecule has 5 nitrogen and oxygen atoms in total. The molecule has 0 saturated heterocycles. The van der Waals surface area contributed by atoms with Crippen LogP contribution in [0.2, 0.25) is 0 Å². The maximum absolute atomic E-state index is 10.1. The molecule has 0 atom stereocenters. The quantitative estimate of drug-likeness (QED) is 0.508. The third-order valence-corrected chi connectivity index (χ3v) is 3.97. The van der Waals surface area contributed by atoms with Crippen molar-refractivity contribution in [3.05, 3.63) is 78.6 Å². The monoisotopic (exact) mass is 328 g/mol. The molecule has 25 heavy (non-hydrogen) atoms. The zero-order valence-electron chi connectivity index (χ0n) is 13.7. The molecule has 1 aromatic heterocycles. The van der Waals surface area contributed by atoms with E-state index in [1.54, 1.807) is 6.07 Å². The Hall–Kier alpha value is -3.47. The third-order valence-electron chi connectivity index (χ3n) is 3.97. The number of aryl methyl sites for hydroxylation is 1. The SMILES string of the molecule is Cc1cnn(-c2ccc(N=Nc3c(O)ccc4ccccc34)cc2)c1. The van der Waals surface area contributed by atoms with Gasteiger partial charge in [-0.2, -0.15) is 10.2 Å². The summed E-state index contributed by atoms with van der Waals surface area (Å²) in [6.07, 6.45) is 3.78. The molecule has 0 aliphatic rings. The van der Waals surface area contributed by atoms with E-state index in [1.165, 1.54) is 0 Å². The van der Waals surface area contributed by atoms with Crippen LogP contribution in [0.3, 0.4) is 0 Å². The van der Waals surface area contributed by atoms with Crippen LogP contribution in [-0.2, 0) is 0 Å². The van der Waals surface area contributed by atoms with E-state index in [0.717, 1.165) is 22.0 Å². The van der Waals surface area contributed by atoms with Gasteiger partial charge in [0.15, 0.2) is 0 Å². The van der Waals surface area contributed by atoms with Gasteiger partial charge in [-0.25, -0.2) is 4.68 Å². The van der Waals surface area contributed by atoms with Crippen LogP contribution in [0.15, 0.2) is 83.3 Å². The highest BCUT2D eigenvalue weighted by atomic mass is 16.3. The number of aromatic nitrogens is 2. The summed E-state index contributed by atoms with van der Waals surface area (Å²) in [5.74, 6) is 0.117. The second-order valence-electron chi connectivity index (χ2n) is 5.83. The summed E-state index contributed by atoms with van der Waals surface area (Å²) < 4.78 is 1.81. The third kappa shape index (κ3) is 2.99. The Bertz CT molecular complexity index is 1060. The molecule has 0 amide bonds. The fourth-order valence-electron chi connectivity index (χ4n) is 2.68. The molecule has 0 bridgehead atoms. The summed E-state index contributed by atoms with van der Waals surface area (Å²) in [5, 5.41) is 24.8. The molecular formula is C20H16N4O. The van der Waals surface area contributed by atoms with Gasteiger partial charge in [-0.15, -0.1) is 5.11 Å². The van der Waals surface area contributed by atoms with Gasteiger partial charge < -0.3 is 5.11 Å². The minimum Gasteiger partial charge on any atom is -0.506 e. The molecular weight excluding hydrogens is 312 g/mol. The second-order valence-corrected chi connectivity index (χ2v) is 5.83.